The van der Waals surface area contributed by atoms with Crippen LogP contribution in [0.1, 0.15) is 13.3 Å². The van der Waals surface area contributed by atoms with E-state index >= 15 is 0 Å². The van der Waals surface area contributed by atoms with Crippen molar-refractivity contribution in [2.75, 3.05) is 11.9 Å². The van der Waals surface area contributed by atoms with E-state index in [4.69, 9.17) is 5.11 Å². The monoisotopic (exact) mass is 223 g/mol. The quantitative estimate of drug-likeness (QED) is 0.331. The highest BCUT2D eigenvalue weighted by Gasteiger charge is 2.06. The number of oxime groups is 1. The molecule has 0 aromatic rings. The highest BCUT2D eigenvalue weighted by Crippen LogP contribution is 1.89. The minimum absolute atomic E-state index is 0.0153. The molecular formula is C6H10BrNO3. The number of carboxylic acids is 1. The van der Waals surface area contributed by atoms with Crippen LogP contribution in [0, 0.1) is 0 Å². The molecule has 5 heteroatoms. The Morgan fingerprint density at radius 1 is 1.73 bits per heavy atom. The molecule has 0 unspecified atom stereocenters. The predicted octanol–water partition coefficient (Wildman–Crippen LogP) is 1.25. The Morgan fingerprint density at radius 3 is 2.73 bits per heavy atom. The lowest BCUT2D eigenvalue weighted by Crippen LogP contribution is -2.14. The van der Waals surface area contributed by atoms with E-state index in [1.165, 1.54) is 0 Å². The third-order valence-electron chi connectivity index (χ3n) is 0.844. The highest BCUT2D eigenvalue weighted by atomic mass is 79.9. The summed E-state index contributed by atoms with van der Waals surface area (Å²) in [6.07, 6.45) is 0.818. The predicted molar refractivity (Wildman–Crippen MR) is 45.1 cm³/mol. The van der Waals surface area contributed by atoms with Crippen molar-refractivity contribution < 1.29 is 14.7 Å². The van der Waals surface area contributed by atoms with Gasteiger partial charge in [0.25, 0.3) is 0 Å². The standard InChI is InChI=1S/C6H10BrNO3/c1-2-3-11-8-5(4-7)6(9)10/h2-4H2,1H3,(H,9,10)/b8-5+. The Kier molecular flexibility index (Phi) is 5.83. The molecular weight excluding hydrogens is 214 g/mol. The second-order valence-corrected chi connectivity index (χ2v) is 2.37. The lowest BCUT2D eigenvalue weighted by Gasteiger charge is -1.96. The summed E-state index contributed by atoms with van der Waals surface area (Å²) in [5.41, 5.74) is -0.0153. The molecule has 0 saturated heterocycles. The van der Waals surface area contributed by atoms with E-state index in [0.29, 0.717) is 6.61 Å². The molecule has 0 aromatic heterocycles. The molecule has 0 aromatic carbocycles. The average molecular weight is 224 g/mol. The number of carbonyl (C=O) groups is 1. The van der Waals surface area contributed by atoms with E-state index < -0.39 is 5.97 Å². The van der Waals surface area contributed by atoms with Crippen LogP contribution >= 0.6 is 15.9 Å². The molecule has 0 saturated carbocycles. The zero-order chi connectivity index (χ0) is 8.69. The number of aliphatic carboxylic acids is 1. The maximum Gasteiger partial charge on any atom is 0.354 e. The molecule has 64 valence electrons. The van der Waals surface area contributed by atoms with Crippen molar-refractivity contribution in [3.8, 4) is 0 Å². The highest BCUT2D eigenvalue weighted by molar-refractivity contribution is 9.09. The first-order chi connectivity index (χ1) is 5.22. The summed E-state index contributed by atoms with van der Waals surface area (Å²) < 4.78 is 0. The first-order valence-corrected chi connectivity index (χ1v) is 4.32. The Hall–Kier alpha value is -0.580. The van der Waals surface area contributed by atoms with Gasteiger partial charge in [-0.15, -0.1) is 0 Å². The minimum Gasteiger partial charge on any atom is -0.477 e. The van der Waals surface area contributed by atoms with Gasteiger partial charge in [-0.1, -0.05) is 28.0 Å². The number of hydrogen-bond donors (Lipinski definition) is 1. The largest absolute Gasteiger partial charge is 0.477 e. The lowest BCUT2D eigenvalue weighted by atomic mass is 10.4. The summed E-state index contributed by atoms with van der Waals surface area (Å²) in [4.78, 5) is 15.0. The van der Waals surface area contributed by atoms with Gasteiger partial charge in [-0.2, -0.15) is 0 Å². The SMILES string of the molecule is CCCO/N=C(\CBr)C(=O)O. The van der Waals surface area contributed by atoms with E-state index in [9.17, 15) is 4.79 Å². The summed E-state index contributed by atoms with van der Waals surface area (Å²) in [6.45, 7) is 2.37. The maximum atomic E-state index is 10.3. The van der Waals surface area contributed by atoms with Gasteiger partial charge in [-0.3, -0.25) is 0 Å². The first-order valence-electron chi connectivity index (χ1n) is 3.20. The van der Waals surface area contributed by atoms with Gasteiger partial charge in [0.05, 0.1) is 5.33 Å². The minimum atomic E-state index is -1.06. The number of rotatable bonds is 5. The number of halogens is 1. The topological polar surface area (TPSA) is 58.9 Å². The third-order valence-corrected chi connectivity index (χ3v) is 1.37. The molecule has 0 aliphatic rings. The van der Waals surface area contributed by atoms with Crippen LogP contribution in [0.25, 0.3) is 0 Å². The van der Waals surface area contributed by atoms with Gasteiger partial charge < -0.3 is 9.94 Å². The van der Waals surface area contributed by atoms with Crippen LogP contribution in [0.5, 0.6) is 0 Å². The van der Waals surface area contributed by atoms with Crippen LogP contribution in [0.2, 0.25) is 0 Å². The molecule has 4 nitrogen and oxygen atoms in total. The van der Waals surface area contributed by atoms with E-state index in [2.05, 4.69) is 25.9 Å². The van der Waals surface area contributed by atoms with Gasteiger partial charge in [0.2, 0.25) is 0 Å². The van der Waals surface area contributed by atoms with E-state index in [-0.39, 0.29) is 11.0 Å². The van der Waals surface area contributed by atoms with Crippen LogP contribution in [0.4, 0.5) is 0 Å². The molecule has 0 bridgehead atoms. The number of carboxylic acid groups (broad SMARTS) is 1. The van der Waals surface area contributed by atoms with Crippen molar-refractivity contribution in [2.45, 2.75) is 13.3 Å². The van der Waals surface area contributed by atoms with E-state index in [0.717, 1.165) is 6.42 Å². The fourth-order valence-electron chi connectivity index (χ4n) is 0.335. The van der Waals surface area contributed by atoms with Crippen molar-refractivity contribution in [1.82, 2.24) is 0 Å². The van der Waals surface area contributed by atoms with Crippen LogP contribution in [0.3, 0.4) is 0 Å². The number of nitrogens with zero attached hydrogens (tertiary/aromatic N) is 1. The fraction of sp³-hybridized carbons (Fsp3) is 0.667. The third kappa shape index (κ3) is 4.78. The molecule has 0 atom stereocenters. The van der Waals surface area contributed by atoms with Crippen LogP contribution in [-0.2, 0) is 9.63 Å². The maximum absolute atomic E-state index is 10.3. The zero-order valence-electron chi connectivity index (χ0n) is 6.21. The molecule has 0 aliphatic heterocycles. The van der Waals surface area contributed by atoms with Crippen LogP contribution in [0.15, 0.2) is 5.16 Å². The van der Waals surface area contributed by atoms with Crippen molar-refractivity contribution in [3.63, 3.8) is 0 Å². The summed E-state index contributed by atoms with van der Waals surface area (Å²) >= 11 is 2.98. The van der Waals surface area contributed by atoms with Gasteiger partial charge in [-0.05, 0) is 6.42 Å². The van der Waals surface area contributed by atoms with Gasteiger partial charge in [0.1, 0.15) is 6.61 Å². The Balaban J connectivity index is 3.81. The Bertz CT molecular complexity index is 158. The Labute approximate surface area is 73.4 Å². The number of alkyl halides is 1. The first kappa shape index (κ1) is 10.4. The molecule has 0 amide bonds. The summed E-state index contributed by atoms with van der Waals surface area (Å²) in [7, 11) is 0. The second-order valence-electron chi connectivity index (χ2n) is 1.81. The molecule has 0 aliphatic carbocycles. The van der Waals surface area contributed by atoms with Crippen molar-refractivity contribution in [3.05, 3.63) is 0 Å². The summed E-state index contributed by atoms with van der Waals surface area (Å²) in [6, 6.07) is 0. The van der Waals surface area contributed by atoms with Crippen molar-refractivity contribution in [1.29, 1.82) is 0 Å². The van der Waals surface area contributed by atoms with Gasteiger partial charge in [-0.25, -0.2) is 4.79 Å². The summed E-state index contributed by atoms with van der Waals surface area (Å²) in [5.74, 6) is -1.06. The van der Waals surface area contributed by atoms with Gasteiger partial charge in [0, 0.05) is 0 Å². The number of hydrogen-bond acceptors (Lipinski definition) is 3. The summed E-state index contributed by atoms with van der Waals surface area (Å²) in [5, 5.41) is 12.0. The molecule has 0 heterocycles. The van der Waals surface area contributed by atoms with Crippen LogP contribution < -0.4 is 0 Å². The lowest BCUT2D eigenvalue weighted by molar-refractivity contribution is -0.129. The normalized spacial score (nSPS) is 11.3. The molecule has 0 spiro atoms. The molecule has 1 N–H and O–H groups in total. The van der Waals surface area contributed by atoms with Gasteiger partial charge in [0.15, 0.2) is 5.71 Å². The molecule has 0 fully saturated rings. The zero-order valence-corrected chi connectivity index (χ0v) is 7.80. The van der Waals surface area contributed by atoms with Gasteiger partial charge >= 0.3 is 5.97 Å². The van der Waals surface area contributed by atoms with E-state index in [1.54, 1.807) is 0 Å². The second kappa shape index (κ2) is 6.15. The van der Waals surface area contributed by atoms with Crippen molar-refractivity contribution in [2.24, 2.45) is 5.16 Å². The van der Waals surface area contributed by atoms with E-state index in [1.807, 2.05) is 6.92 Å². The van der Waals surface area contributed by atoms with Crippen LogP contribution in [-0.4, -0.2) is 28.7 Å². The Morgan fingerprint density at radius 2 is 2.36 bits per heavy atom. The molecule has 0 rings (SSSR count). The average Bonchev–Trinajstić information content (AvgIpc) is 1.97. The fourth-order valence-corrected chi connectivity index (χ4v) is 0.678. The smallest absolute Gasteiger partial charge is 0.354 e. The molecule has 0 radical (unpaired) electrons. The molecule has 11 heavy (non-hydrogen) atoms. The van der Waals surface area contributed by atoms with Crippen molar-refractivity contribution >= 4 is 27.6 Å².